The van der Waals surface area contributed by atoms with E-state index in [1.54, 1.807) is 12.4 Å². The number of carbonyl (C=O) groups is 2. The lowest BCUT2D eigenvalue weighted by atomic mass is 10.00. The van der Waals surface area contributed by atoms with E-state index in [4.69, 9.17) is 0 Å². The molecule has 0 atom stereocenters. The molecule has 0 bridgehead atoms. The number of alkyl halides is 3. The number of hydrogen-bond donors (Lipinski definition) is 1. The summed E-state index contributed by atoms with van der Waals surface area (Å²) in [5.74, 6) is -1.36. The van der Waals surface area contributed by atoms with Crippen LogP contribution in [-0.4, -0.2) is 72.6 Å². The topological polar surface area (TPSA) is 74.8 Å². The average molecular weight is 513 g/mol. The Labute approximate surface area is 212 Å². The van der Waals surface area contributed by atoms with Crippen LogP contribution in [0.3, 0.4) is 0 Å². The molecule has 1 amide bonds. The van der Waals surface area contributed by atoms with E-state index in [-0.39, 0.29) is 30.0 Å². The van der Waals surface area contributed by atoms with Crippen molar-refractivity contribution in [1.82, 2.24) is 14.8 Å². The number of piperazine rings is 1. The third-order valence-corrected chi connectivity index (χ3v) is 6.08. The van der Waals surface area contributed by atoms with Gasteiger partial charge in [0, 0.05) is 50.6 Å². The minimum absolute atomic E-state index is 0.0285. The van der Waals surface area contributed by atoms with Crippen molar-refractivity contribution in [2.75, 3.05) is 45.1 Å². The molecule has 0 radical (unpaired) electrons. The number of anilines is 1. The van der Waals surface area contributed by atoms with E-state index < -0.39 is 18.0 Å². The first-order valence-corrected chi connectivity index (χ1v) is 11.8. The summed E-state index contributed by atoms with van der Waals surface area (Å²) in [7, 11) is 1.98. The first-order valence-electron chi connectivity index (χ1n) is 11.8. The van der Waals surface area contributed by atoms with Crippen molar-refractivity contribution in [3.63, 3.8) is 0 Å². The molecule has 1 saturated heterocycles. The van der Waals surface area contributed by atoms with E-state index in [9.17, 15) is 22.8 Å². The maximum absolute atomic E-state index is 13.0. The van der Waals surface area contributed by atoms with E-state index >= 15 is 0 Å². The van der Waals surface area contributed by atoms with Gasteiger partial charge in [-0.05, 0) is 48.0 Å². The van der Waals surface area contributed by atoms with Crippen LogP contribution < -0.4 is 10.1 Å². The summed E-state index contributed by atoms with van der Waals surface area (Å²) in [6.45, 7) is 2.97. The molecule has 0 saturated carbocycles. The first kappa shape index (κ1) is 26.3. The van der Waals surface area contributed by atoms with Crippen LogP contribution in [0.1, 0.15) is 15.9 Å². The molecule has 1 aliphatic heterocycles. The molecular formula is C27H27F3N4O3. The number of benzene rings is 2. The normalized spacial score (nSPS) is 14.8. The number of aromatic nitrogens is 1. The largest absolute Gasteiger partial charge is 0.573 e. The third kappa shape index (κ3) is 7.61. The SMILES string of the molecule is CN1CCN(CC(=O)Nc2cc(C(=O)Cc3ccc(-c4cccnc4)cc3)ccc2OC(F)(F)F)CC1. The Bertz CT molecular complexity index is 1230. The molecule has 37 heavy (non-hydrogen) atoms. The Morgan fingerprint density at radius 3 is 2.38 bits per heavy atom. The van der Waals surface area contributed by atoms with Crippen molar-refractivity contribution < 1.29 is 27.5 Å². The molecule has 194 valence electrons. The zero-order valence-corrected chi connectivity index (χ0v) is 20.3. The number of hydrogen-bond acceptors (Lipinski definition) is 6. The average Bonchev–Trinajstić information content (AvgIpc) is 2.86. The molecular weight excluding hydrogens is 485 g/mol. The first-order chi connectivity index (χ1) is 17.7. The highest BCUT2D eigenvalue weighted by atomic mass is 19.4. The zero-order chi connectivity index (χ0) is 26.4. The van der Waals surface area contributed by atoms with Crippen LogP contribution in [0.2, 0.25) is 0 Å². The van der Waals surface area contributed by atoms with Gasteiger partial charge in [0.1, 0.15) is 0 Å². The Morgan fingerprint density at radius 1 is 1.00 bits per heavy atom. The van der Waals surface area contributed by atoms with Gasteiger partial charge in [-0.1, -0.05) is 30.3 Å². The third-order valence-electron chi connectivity index (χ3n) is 6.08. The predicted octanol–water partition coefficient (Wildman–Crippen LogP) is 4.26. The van der Waals surface area contributed by atoms with Crippen molar-refractivity contribution >= 4 is 17.4 Å². The van der Waals surface area contributed by atoms with Crippen LogP contribution in [0, 0.1) is 0 Å². The molecule has 10 heteroatoms. The van der Waals surface area contributed by atoms with Gasteiger partial charge in [0.25, 0.3) is 0 Å². The van der Waals surface area contributed by atoms with Crippen LogP contribution in [-0.2, 0) is 11.2 Å². The summed E-state index contributed by atoms with van der Waals surface area (Å²) >= 11 is 0. The molecule has 0 aliphatic carbocycles. The second kappa shape index (κ2) is 11.5. The highest BCUT2D eigenvalue weighted by Crippen LogP contribution is 2.32. The number of carbonyl (C=O) groups excluding carboxylic acids is 2. The van der Waals surface area contributed by atoms with Gasteiger partial charge < -0.3 is 15.0 Å². The Kier molecular flexibility index (Phi) is 8.20. The minimum atomic E-state index is -4.95. The Balaban J connectivity index is 1.47. The second-order valence-electron chi connectivity index (χ2n) is 8.92. The molecule has 1 aliphatic rings. The molecule has 2 heterocycles. The molecule has 1 N–H and O–H groups in total. The van der Waals surface area contributed by atoms with Gasteiger partial charge in [-0.25, -0.2) is 0 Å². The fourth-order valence-corrected chi connectivity index (χ4v) is 4.05. The fraction of sp³-hybridized carbons (Fsp3) is 0.296. The van der Waals surface area contributed by atoms with Crippen molar-refractivity contribution in [2.45, 2.75) is 12.8 Å². The number of nitrogens with one attached hydrogen (secondary N) is 1. The Hall–Kier alpha value is -3.76. The number of ketones is 1. The quantitative estimate of drug-likeness (QED) is 0.455. The minimum Gasteiger partial charge on any atom is -0.404 e. The Morgan fingerprint density at radius 2 is 1.73 bits per heavy atom. The molecule has 0 unspecified atom stereocenters. The van der Waals surface area contributed by atoms with Crippen molar-refractivity contribution in [2.24, 2.45) is 0 Å². The maximum atomic E-state index is 13.0. The number of ether oxygens (including phenoxy) is 1. The van der Waals surface area contributed by atoms with Gasteiger partial charge in [-0.15, -0.1) is 13.2 Å². The molecule has 1 fully saturated rings. The van der Waals surface area contributed by atoms with E-state index in [0.29, 0.717) is 13.1 Å². The highest BCUT2D eigenvalue weighted by molar-refractivity contribution is 6.00. The van der Waals surface area contributed by atoms with Gasteiger partial charge in [0.2, 0.25) is 5.91 Å². The van der Waals surface area contributed by atoms with Crippen LogP contribution in [0.4, 0.5) is 18.9 Å². The lowest BCUT2D eigenvalue weighted by Gasteiger charge is -2.31. The molecule has 2 aromatic carbocycles. The number of likely N-dealkylation sites (N-methyl/N-ethyl adjacent to an activating group) is 1. The van der Waals surface area contributed by atoms with Crippen LogP contribution >= 0.6 is 0 Å². The van der Waals surface area contributed by atoms with Crippen LogP contribution in [0.15, 0.2) is 67.0 Å². The van der Waals surface area contributed by atoms with Gasteiger partial charge >= 0.3 is 6.36 Å². The summed E-state index contributed by atoms with van der Waals surface area (Å²) in [5.41, 5.74) is 2.60. The smallest absolute Gasteiger partial charge is 0.404 e. The van der Waals surface area contributed by atoms with Crippen LogP contribution in [0.25, 0.3) is 11.1 Å². The number of pyridine rings is 1. The molecule has 0 spiro atoms. The number of Topliss-reactive ketones (excluding diaryl/α,β-unsaturated/α-hetero) is 1. The molecule has 4 rings (SSSR count). The van der Waals surface area contributed by atoms with Crippen molar-refractivity contribution in [1.29, 1.82) is 0 Å². The zero-order valence-electron chi connectivity index (χ0n) is 20.3. The number of amides is 1. The lowest BCUT2D eigenvalue weighted by molar-refractivity contribution is -0.274. The summed E-state index contributed by atoms with van der Waals surface area (Å²) < 4.78 is 42.9. The van der Waals surface area contributed by atoms with Crippen molar-refractivity contribution in [3.8, 4) is 16.9 Å². The lowest BCUT2D eigenvalue weighted by Crippen LogP contribution is -2.47. The van der Waals surface area contributed by atoms with Gasteiger partial charge in [0.15, 0.2) is 11.5 Å². The van der Waals surface area contributed by atoms with E-state index in [1.165, 1.54) is 12.1 Å². The van der Waals surface area contributed by atoms with Gasteiger partial charge in [0.05, 0.1) is 12.2 Å². The predicted molar refractivity (Wildman–Crippen MR) is 133 cm³/mol. The maximum Gasteiger partial charge on any atom is 0.573 e. The monoisotopic (exact) mass is 512 g/mol. The van der Waals surface area contributed by atoms with Gasteiger partial charge in [-0.2, -0.15) is 0 Å². The number of nitrogens with zero attached hydrogens (tertiary/aromatic N) is 3. The molecule has 3 aromatic rings. The standard InChI is InChI=1S/C27H27F3N4O3/c1-33-11-13-34(14-12-33)18-26(36)32-23-16-21(8-9-25(23)37-27(28,29)30)24(35)15-19-4-6-20(7-5-19)22-3-2-10-31-17-22/h2-10,16-17H,11-15,18H2,1H3,(H,32,36). The fourth-order valence-electron chi connectivity index (χ4n) is 4.05. The summed E-state index contributed by atoms with van der Waals surface area (Å²) in [4.78, 5) is 33.7. The van der Waals surface area contributed by atoms with E-state index in [2.05, 4.69) is 19.9 Å². The second-order valence-corrected chi connectivity index (χ2v) is 8.92. The number of halogens is 3. The highest BCUT2D eigenvalue weighted by Gasteiger charge is 2.32. The van der Waals surface area contributed by atoms with Crippen LogP contribution in [0.5, 0.6) is 5.75 Å². The molecule has 1 aromatic heterocycles. The summed E-state index contributed by atoms with van der Waals surface area (Å²) in [6.07, 6.45) is -1.48. The summed E-state index contributed by atoms with van der Waals surface area (Å²) in [6, 6.07) is 14.7. The van der Waals surface area contributed by atoms with E-state index in [0.717, 1.165) is 35.8 Å². The number of rotatable bonds is 8. The van der Waals surface area contributed by atoms with Crippen molar-refractivity contribution in [3.05, 3.63) is 78.1 Å². The molecule has 7 nitrogen and oxygen atoms in total. The van der Waals surface area contributed by atoms with E-state index in [1.807, 2.05) is 48.3 Å². The van der Waals surface area contributed by atoms with Gasteiger partial charge in [-0.3, -0.25) is 19.5 Å². The summed E-state index contributed by atoms with van der Waals surface area (Å²) in [5, 5.41) is 2.50.